The fourth-order valence-corrected chi connectivity index (χ4v) is 2.19. The molecule has 0 aliphatic carbocycles. The average Bonchev–Trinajstić information content (AvgIpc) is 2.45. The number of carbonyl (C=O) groups excluding carboxylic acids is 1. The number of ether oxygens (including phenoxy) is 2. The number of rotatable bonds is 8. The smallest absolute Gasteiger partial charge is 0.326 e. The minimum absolute atomic E-state index is 0.209. The van der Waals surface area contributed by atoms with Crippen LogP contribution in [0.15, 0.2) is 18.2 Å². The van der Waals surface area contributed by atoms with E-state index in [0.717, 1.165) is 17.7 Å². The highest BCUT2D eigenvalue weighted by molar-refractivity contribution is 5.80. The maximum Gasteiger partial charge on any atom is 0.326 e. The van der Waals surface area contributed by atoms with Crippen LogP contribution in [0.5, 0.6) is 5.75 Å². The predicted molar refractivity (Wildman–Crippen MR) is 84.7 cm³/mol. The van der Waals surface area contributed by atoms with Gasteiger partial charge in [0.2, 0.25) is 0 Å². The van der Waals surface area contributed by atoms with E-state index in [1.807, 2.05) is 32.9 Å². The van der Waals surface area contributed by atoms with Gasteiger partial charge in [0, 0.05) is 0 Å². The van der Waals surface area contributed by atoms with E-state index in [0.29, 0.717) is 19.6 Å². The second kappa shape index (κ2) is 8.03. The standard InChI is InChI=1S/C17H27NO3/c1-6-20-16(19)17(4,18-5)10-7-11-21-15-9-8-13(2)12-14(15)3/h8-9,12,18H,6-7,10-11H2,1-5H3. The summed E-state index contributed by atoms with van der Waals surface area (Å²) in [5.74, 6) is 0.696. The highest BCUT2D eigenvalue weighted by Crippen LogP contribution is 2.20. The minimum atomic E-state index is -0.651. The summed E-state index contributed by atoms with van der Waals surface area (Å²) in [4.78, 5) is 11.9. The maximum atomic E-state index is 11.9. The van der Waals surface area contributed by atoms with E-state index >= 15 is 0 Å². The fourth-order valence-electron chi connectivity index (χ4n) is 2.19. The van der Waals surface area contributed by atoms with Crippen molar-refractivity contribution in [2.24, 2.45) is 0 Å². The van der Waals surface area contributed by atoms with Crippen molar-refractivity contribution in [1.29, 1.82) is 0 Å². The van der Waals surface area contributed by atoms with Crippen LogP contribution in [-0.4, -0.2) is 31.8 Å². The zero-order valence-corrected chi connectivity index (χ0v) is 13.8. The van der Waals surface area contributed by atoms with Gasteiger partial charge in [-0.05, 0) is 59.2 Å². The molecule has 21 heavy (non-hydrogen) atoms. The highest BCUT2D eigenvalue weighted by atomic mass is 16.5. The normalized spacial score (nSPS) is 13.6. The van der Waals surface area contributed by atoms with Crippen molar-refractivity contribution < 1.29 is 14.3 Å². The Labute approximate surface area is 127 Å². The largest absolute Gasteiger partial charge is 0.493 e. The topological polar surface area (TPSA) is 47.6 Å². The summed E-state index contributed by atoms with van der Waals surface area (Å²) in [6, 6.07) is 6.14. The van der Waals surface area contributed by atoms with Crippen LogP contribution in [0.25, 0.3) is 0 Å². The Morgan fingerprint density at radius 3 is 2.62 bits per heavy atom. The van der Waals surface area contributed by atoms with Gasteiger partial charge in [-0.25, -0.2) is 0 Å². The number of nitrogens with one attached hydrogen (secondary N) is 1. The molecule has 4 nitrogen and oxygen atoms in total. The Morgan fingerprint density at radius 2 is 2.05 bits per heavy atom. The van der Waals surface area contributed by atoms with E-state index in [1.54, 1.807) is 7.05 Å². The van der Waals surface area contributed by atoms with Crippen molar-refractivity contribution in [1.82, 2.24) is 5.32 Å². The fraction of sp³-hybridized carbons (Fsp3) is 0.588. The summed E-state index contributed by atoms with van der Waals surface area (Å²) in [7, 11) is 1.78. The molecule has 118 valence electrons. The number of hydrogen-bond donors (Lipinski definition) is 1. The molecule has 0 saturated carbocycles. The first-order valence-corrected chi connectivity index (χ1v) is 7.49. The van der Waals surface area contributed by atoms with Gasteiger partial charge in [0.1, 0.15) is 11.3 Å². The van der Waals surface area contributed by atoms with Gasteiger partial charge in [0.15, 0.2) is 0 Å². The van der Waals surface area contributed by atoms with Crippen molar-refractivity contribution in [2.45, 2.75) is 46.1 Å². The molecule has 0 saturated heterocycles. The monoisotopic (exact) mass is 293 g/mol. The predicted octanol–water partition coefficient (Wildman–Crippen LogP) is 3.00. The summed E-state index contributed by atoms with van der Waals surface area (Å²) in [6.45, 7) is 8.77. The van der Waals surface area contributed by atoms with Crippen LogP contribution in [0.4, 0.5) is 0 Å². The Bertz CT molecular complexity index is 473. The molecule has 0 aromatic heterocycles. The van der Waals surface area contributed by atoms with Gasteiger partial charge in [0.25, 0.3) is 0 Å². The number of likely N-dealkylation sites (N-methyl/N-ethyl adjacent to an activating group) is 1. The molecule has 1 unspecified atom stereocenters. The van der Waals surface area contributed by atoms with Gasteiger partial charge in [0.05, 0.1) is 13.2 Å². The summed E-state index contributed by atoms with van der Waals surface area (Å²) < 4.78 is 10.9. The lowest BCUT2D eigenvalue weighted by molar-refractivity contribution is -0.150. The Balaban J connectivity index is 2.46. The number of hydrogen-bond acceptors (Lipinski definition) is 4. The van der Waals surface area contributed by atoms with E-state index < -0.39 is 5.54 Å². The zero-order valence-electron chi connectivity index (χ0n) is 13.8. The van der Waals surface area contributed by atoms with Crippen LogP contribution in [0.2, 0.25) is 0 Å². The molecule has 0 amide bonds. The van der Waals surface area contributed by atoms with Gasteiger partial charge in [-0.3, -0.25) is 4.79 Å². The van der Waals surface area contributed by atoms with Crippen molar-refractivity contribution >= 4 is 5.97 Å². The molecule has 0 aliphatic heterocycles. The lowest BCUT2D eigenvalue weighted by atomic mass is 9.96. The molecule has 1 aromatic carbocycles. The van der Waals surface area contributed by atoms with E-state index in [9.17, 15) is 4.79 Å². The van der Waals surface area contributed by atoms with Crippen molar-refractivity contribution in [3.05, 3.63) is 29.3 Å². The van der Waals surface area contributed by atoms with E-state index in [-0.39, 0.29) is 5.97 Å². The maximum absolute atomic E-state index is 11.9. The molecule has 0 heterocycles. The first kappa shape index (κ1) is 17.5. The van der Waals surface area contributed by atoms with Gasteiger partial charge in [-0.15, -0.1) is 0 Å². The number of esters is 1. The molecule has 0 bridgehead atoms. The van der Waals surface area contributed by atoms with Gasteiger partial charge in [-0.2, -0.15) is 0 Å². The first-order chi connectivity index (χ1) is 9.92. The summed E-state index contributed by atoms with van der Waals surface area (Å²) in [5, 5.41) is 3.05. The van der Waals surface area contributed by atoms with Crippen molar-refractivity contribution in [3.8, 4) is 5.75 Å². The second-order valence-electron chi connectivity index (χ2n) is 5.52. The van der Waals surface area contributed by atoms with E-state index in [4.69, 9.17) is 9.47 Å². The molecule has 0 radical (unpaired) electrons. The molecule has 0 aliphatic rings. The van der Waals surface area contributed by atoms with Crippen molar-refractivity contribution in [3.63, 3.8) is 0 Å². The van der Waals surface area contributed by atoms with Crippen molar-refractivity contribution in [2.75, 3.05) is 20.3 Å². The SMILES string of the molecule is CCOC(=O)C(C)(CCCOc1ccc(C)cc1C)NC. The molecule has 1 N–H and O–H groups in total. The molecule has 4 heteroatoms. The third kappa shape index (κ3) is 5.05. The Morgan fingerprint density at radius 1 is 1.33 bits per heavy atom. The van der Waals surface area contributed by atoms with Crippen LogP contribution >= 0.6 is 0 Å². The molecule has 1 atom stereocenters. The van der Waals surface area contributed by atoms with Gasteiger partial charge < -0.3 is 14.8 Å². The third-order valence-electron chi connectivity index (χ3n) is 3.69. The lowest BCUT2D eigenvalue weighted by Gasteiger charge is -2.26. The summed E-state index contributed by atoms with van der Waals surface area (Å²) in [5.41, 5.74) is 1.71. The minimum Gasteiger partial charge on any atom is -0.493 e. The number of benzene rings is 1. The average molecular weight is 293 g/mol. The number of carbonyl (C=O) groups is 1. The molecule has 1 aromatic rings. The zero-order chi connectivity index (χ0) is 15.9. The molecule has 0 spiro atoms. The van der Waals surface area contributed by atoms with E-state index in [2.05, 4.69) is 18.3 Å². The quantitative estimate of drug-likeness (QED) is 0.591. The third-order valence-corrected chi connectivity index (χ3v) is 3.69. The second-order valence-corrected chi connectivity index (χ2v) is 5.52. The lowest BCUT2D eigenvalue weighted by Crippen LogP contribution is -2.48. The van der Waals surface area contributed by atoms with Gasteiger partial charge >= 0.3 is 5.97 Å². The molecular formula is C17H27NO3. The molecule has 1 rings (SSSR count). The van der Waals surface area contributed by atoms with E-state index in [1.165, 1.54) is 5.56 Å². The van der Waals surface area contributed by atoms with Crippen LogP contribution in [-0.2, 0) is 9.53 Å². The van der Waals surface area contributed by atoms with Crippen LogP contribution in [0.3, 0.4) is 0 Å². The number of aryl methyl sites for hydroxylation is 2. The highest BCUT2D eigenvalue weighted by Gasteiger charge is 2.32. The Hall–Kier alpha value is -1.55. The van der Waals surface area contributed by atoms with Gasteiger partial charge in [-0.1, -0.05) is 17.7 Å². The van der Waals surface area contributed by atoms with Crippen LogP contribution in [0, 0.1) is 13.8 Å². The first-order valence-electron chi connectivity index (χ1n) is 7.49. The Kier molecular flexibility index (Phi) is 6.69. The van der Waals surface area contributed by atoms with Crippen LogP contribution < -0.4 is 10.1 Å². The van der Waals surface area contributed by atoms with Crippen LogP contribution in [0.1, 0.15) is 37.8 Å². The summed E-state index contributed by atoms with van der Waals surface area (Å²) >= 11 is 0. The molecular weight excluding hydrogens is 266 g/mol. The summed E-state index contributed by atoms with van der Waals surface area (Å²) in [6.07, 6.45) is 1.46. The molecule has 0 fully saturated rings.